The highest BCUT2D eigenvalue weighted by molar-refractivity contribution is 7.89. The second-order valence-corrected chi connectivity index (χ2v) is 6.51. The van der Waals surface area contributed by atoms with Crippen LogP contribution in [0.2, 0.25) is 0 Å². The zero-order valence-electron chi connectivity index (χ0n) is 10.6. The fraction of sp³-hybridized carbons (Fsp3) is 0.636. The van der Waals surface area contributed by atoms with E-state index in [0.717, 1.165) is 32.7 Å². The zero-order chi connectivity index (χ0) is 13.0. The predicted octanol–water partition coefficient (Wildman–Crippen LogP) is -0.460. The summed E-state index contributed by atoms with van der Waals surface area (Å²) in [5, 5.41) is 3.28. The minimum absolute atomic E-state index is 0.324. The Kier molecular flexibility index (Phi) is 4.39. The standard InChI is InChI=1S/C11H20N4O2S/c1-14(8-9-15-6-4-12-5-7-15)18(16,17)11-2-3-13-10-11/h2-3,10,12-13H,4-9H2,1H3. The van der Waals surface area contributed by atoms with Crippen LogP contribution in [0.3, 0.4) is 0 Å². The van der Waals surface area contributed by atoms with Crippen LogP contribution in [0.25, 0.3) is 0 Å². The summed E-state index contributed by atoms with van der Waals surface area (Å²) in [6, 6.07) is 1.58. The van der Waals surface area contributed by atoms with E-state index in [-0.39, 0.29) is 0 Å². The van der Waals surface area contributed by atoms with Gasteiger partial charge < -0.3 is 10.3 Å². The van der Waals surface area contributed by atoms with Crippen molar-refractivity contribution in [2.45, 2.75) is 4.90 Å². The summed E-state index contributed by atoms with van der Waals surface area (Å²) in [6.45, 7) is 5.23. The predicted molar refractivity (Wildman–Crippen MR) is 69.9 cm³/mol. The molecule has 0 spiro atoms. The molecule has 0 amide bonds. The highest BCUT2D eigenvalue weighted by Gasteiger charge is 2.21. The molecule has 1 fully saturated rings. The molecule has 0 bridgehead atoms. The lowest BCUT2D eigenvalue weighted by molar-refractivity contribution is 0.229. The molecule has 1 saturated heterocycles. The smallest absolute Gasteiger partial charge is 0.244 e. The van der Waals surface area contributed by atoms with Crippen LogP contribution in [0.4, 0.5) is 0 Å². The first-order chi connectivity index (χ1) is 8.60. The molecule has 1 aromatic rings. The maximum Gasteiger partial charge on any atom is 0.244 e. The van der Waals surface area contributed by atoms with Crippen molar-refractivity contribution in [1.82, 2.24) is 19.5 Å². The SMILES string of the molecule is CN(CCN1CCNCC1)S(=O)(=O)c1cc[nH]c1. The minimum atomic E-state index is -3.34. The highest BCUT2D eigenvalue weighted by atomic mass is 32.2. The summed E-state index contributed by atoms with van der Waals surface area (Å²) < 4.78 is 25.7. The van der Waals surface area contributed by atoms with E-state index < -0.39 is 10.0 Å². The van der Waals surface area contributed by atoms with Gasteiger partial charge in [-0.05, 0) is 6.07 Å². The van der Waals surface area contributed by atoms with E-state index in [0.29, 0.717) is 11.4 Å². The number of likely N-dealkylation sites (N-methyl/N-ethyl adjacent to an activating group) is 1. The average Bonchev–Trinajstić information content (AvgIpc) is 2.91. The normalized spacial score (nSPS) is 18.3. The van der Waals surface area contributed by atoms with Gasteiger partial charge in [0.25, 0.3) is 0 Å². The Morgan fingerprint density at radius 2 is 2.11 bits per heavy atom. The van der Waals surface area contributed by atoms with Crippen molar-refractivity contribution in [3.05, 3.63) is 18.5 Å². The van der Waals surface area contributed by atoms with Crippen molar-refractivity contribution in [3.8, 4) is 0 Å². The van der Waals surface area contributed by atoms with Gasteiger partial charge in [-0.25, -0.2) is 8.42 Å². The second kappa shape index (κ2) is 5.83. The van der Waals surface area contributed by atoms with Gasteiger partial charge in [-0.3, -0.25) is 4.90 Å². The van der Waals surface area contributed by atoms with Crippen molar-refractivity contribution in [2.75, 3.05) is 46.3 Å². The third-order valence-corrected chi connectivity index (χ3v) is 5.07. The number of rotatable bonds is 5. The van der Waals surface area contributed by atoms with E-state index in [9.17, 15) is 8.42 Å². The van der Waals surface area contributed by atoms with Crippen molar-refractivity contribution in [3.63, 3.8) is 0 Å². The number of nitrogens with one attached hydrogen (secondary N) is 2. The molecular weight excluding hydrogens is 252 g/mol. The number of nitrogens with zero attached hydrogens (tertiary/aromatic N) is 2. The molecule has 1 aliphatic rings. The lowest BCUT2D eigenvalue weighted by Crippen LogP contribution is -2.46. The molecule has 1 aliphatic heterocycles. The third-order valence-electron chi connectivity index (χ3n) is 3.22. The van der Waals surface area contributed by atoms with Crippen molar-refractivity contribution < 1.29 is 8.42 Å². The quantitative estimate of drug-likeness (QED) is 0.761. The first kappa shape index (κ1) is 13.5. The fourth-order valence-electron chi connectivity index (χ4n) is 1.99. The van der Waals surface area contributed by atoms with E-state index in [1.165, 1.54) is 10.5 Å². The Morgan fingerprint density at radius 3 is 2.72 bits per heavy atom. The number of piperazine rings is 1. The summed E-state index contributed by atoms with van der Waals surface area (Å²) in [5.41, 5.74) is 0. The van der Waals surface area contributed by atoms with E-state index in [1.54, 1.807) is 19.3 Å². The Labute approximate surface area is 108 Å². The van der Waals surface area contributed by atoms with Gasteiger partial charge in [0.05, 0.1) is 4.90 Å². The van der Waals surface area contributed by atoms with Crippen LogP contribution in [0.1, 0.15) is 0 Å². The number of aromatic nitrogens is 1. The minimum Gasteiger partial charge on any atom is -0.366 e. The molecule has 0 atom stereocenters. The van der Waals surface area contributed by atoms with Crippen molar-refractivity contribution in [1.29, 1.82) is 0 Å². The zero-order valence-corrected chi connectivity index (χ0v) is 11.4. The molecule has 7 heteroatoms. The van der Waals surface area contributed by atoms with Crippen LogP contribution < -0.4 is 5.32 Å². The molecule has 0 aromatic carbocycles. The van der Waals surface area contributed by atoms with Gasteiger partial charge in [0, 0.05) is 58.7 Å². The van der Waals surface area contributed by atoms with Gasteiger partial charge in [-0.1, -0.05) is 0 Å². The highest BCUT2D eigenvalue weighted by Crippen LogP contribution is 2.12. The van der Waals surface area contributed by atoms with Gasteiger partial charge in [0.15, 0.2) is 0 Å². The monoisotopic (exact) mass is 272 g/mol. The summed E-state index contributed by atoms with van der Waals surface area (Å²) in [7, 11) is -1.71. The second-order valence-electron chi connectivity index (χ2n) is 4.46. The number of H-pyrrole nitrogens is 1. The first-order valence-electron chi connectivity index (χ1n) is 6.13. The third kappa shape index (κ3) is 3.11. The molecule has 102 valence electrons. The number of hydrogen-bond acceptors (Lipinski definition) is 4. The van der Waals surface area contributed by atoms with Crippen molar-refractivity contribution in [2.24, 2.45) is 0 Å². The van der Waals surface area contributed by atoms with Gasteiger partial charge in [-0.2, -0.15) is 4.31 Å². The molecule has 2 N–H and O–H groups in total. The van der Waals surface area contributed by atoms with Crippen LogP contribution in [0, 0.1) is 0 Å². The van der Waals surface area contributed by atoms with Gasteiger partial charge in [0.2, 0.25) is 10.0 Å². The largest absolute Gasteiger partial charge is 0.366 e. The summed E-state index contributed by atoms with van der Waals surface area (Å²) >= 11 is 0. The van der Waals surface area contributed by atoms with Gasteiger partial charge in [-0.15, -0.1) is 0 Å². The number of sulfonamides is 1. The summed E-state index contributed by atoms with van der Waals surface area (Å²) in [4.78, 5) is 5.37. The Bertz CT molecular complexity index is 451. The van der Waals surface area contributed by atoms with Crippen LogP contribution in [0.15, 0.2) is 23.4 Å². The Hall–Kier alpha value is -0.890. The topological polar surface area (TPSA) is 68.4 Å². The van der Waals surface area contributed by atoms with Crippen LogP contribution in [0.5, 0.6) is 0 Å². The number of aromatic amines is 1. The molecule has 18 heavy (non-hydrogen) atoms. The number of hydrogen-bond donors (Lipinski definition) is 2. The molecular formula is C11H20N4O2S. The molecule has 0 saturated carbocycles. The maximum atomic E-state index is 12.1. The van der Waals surface area contributed by atoms with E-state index in [2.05, 4.69) is 15.2 Å². The van der Waals surface area contributed by atoms with E-state index in [4.69, 9.17) is 0 Å². The molecule has 6 nitrogen and oxygen atoms in total. The molecule has 2 rings (SSSR count). The molecule has 2 heterocycles. The van der Waals surface area contributed by atoms with Gasteiger partial charge in [0.1, 0.15) is 0 Å². The lowest BCUT2D eigenvalue weighted by atomic mass is 10.3. The first-order valence-corrected chi connectivity index (χ1v) is 7.57. The maximum absolute atomic E-state index is 12.1. The molecule has 0 unspecified atom stereocenters. The summed E-state index contributed by atoms with van der Waals surface area (Å²) in [6.07, 6.45) is 3.13. The fourth-order valence-corrected chi connectivity index (χ4v) is 3.13. The van der Waals surface area contributed by atoms with Gasteiger partial charge >= 0.3 is 0 Å². The molecule has 1 aromatic heterocycles. The molecule has 0 radical (unpaired) electrons. The molecule has 0 aliphatic carbocycles. The van der Waals surface area contributed by atoms with Crippen LogP contribution >= 0.6 is 0 Å². The Balaban J connectivity index is 1.89. The van der Waals surface area contributed by atoms with Crippen LogP contribution in [-0.2, 0) is 10.0 Å². The lowest BCUT2D eigenvalue weighted by Gasteiger charge is -2.28. The van der Waals surface area contributed by atoms with E-state index in [1.807, 2.05) is 0 Å². The van der Waals surface area contributed by atoms with Crippen molar-refractivity contribution >= 4 is 10.0 Å². The average molecular weight is 272 g/mol. The summed E-state index contributed by atoms with van der Waals surface area (Å²) in [5.74, 6) is 0. The Morgan fingerprint density at radius 1 is 1.39 bits per heavy atom. The van der Waals surface area contributed by atoms with Crippen LogP contribution in [-0.4, -0.2) is 68.9 Å². The van der Waals surface area contributed by atoms with E-state index >= 15 is 0 Å².